The Morgan fingerprint density at radius 3 is 0.681 bits per heavy atom. The Hall–Kier alpha value is -1.11. The third kappa shape index (κ3) is 6.72. The van der Waals surface area contributed by atoms with Crippen molar-refractivity contribution < 1.29 is 9.90 Å². The number of hydrogen-bond donors (Lipinski definition) is 9. The smallest absolute Gasteiger partial charge is 0.155 e. The van der Waals surface area contributed by atoms with Crippen LogP contribution in [-0.4, -0.2) is 60.2 Å². The van der Waals surface area contributed by atoms with Gasteiger partial charge in [0.05, 0.1) is 55.1 Å². The summed E-state index contributed by atoms with van der Waals surface area (Å²) in [6.45, 7) is 2.85. The number of carbonyl (C=O) groups excluding carboxylic acids is 1. The van der Waals surface area contributed by atoms with E-state index in [0.717, 1.165) is 47.3 Å². The average Bonchev–Trinajstić information content (AvgIpc) is 3.80. The first-order valence-electron chi connectivity index (χ1n) is 19.9. The highest BCUT2D eigenvalue weighted by Gasteiger charge is 2.54. The summed E-state index contributed by atoms with van der Waals surface area (Å²) in [6, 6.07) is 0. The maximum atomic E-state index is 10.0. The predicted molar refractivity (Wildman–Crippen MR) is 184 cm³/mol. The quantitative estimate of drug-likeness (QED) is 0.153. The van der Waals surface area contributed by atoms with Gasteiger partial charge in [0.2, 0.25) is 0 Å². The summed E-state index contributed by atoms with van der Waals surface area (Å²) in [7, 11) is 0. The van der Waals surface area contributed by atoms with Gasteiger partial charge in [-0.2, -0.15) is 0 Å². The number of hydrogen-bond acceptors (Lipinski definition) is 10. The Bertz CT molecular complexity index is 926. The molecule has 5 aliphatic heterocycles. The Balaban J connectivity index is 0.000000420. The van der Waals surface area contributed by atoms with Crippen LogP contribution in [0.1, 0.15) is 117 Å². The summed E-state index contributed by atoms with van der Waals surface area (Å²) in [5.41, 5.74) is 0. The molecule has 9 N–H and O–H groups in total. The van der Waals surface area contributed by atoms with Crippen molar-refractivity contribution in [3.8, 4) is 0 Å². The van der Waals surface area contributed by atoms with Crippen molar-refractivity contribution in [1.29, 1.82) is 0 Å². The second-order valence-electron chi connectivity index (χ2n) is 17.0. The first-order valence-corrected chi connectivity index (χ1v) is 19.9. The number of rotatable bonds is 1. The van der Waals surface area contributed by atoms with Crippen LogP contribution in [0, 0.1) is 47.3 Å². The highest BCUT2D eigenvalue weighted by Crippen LogP contribution is 2.45. The molecule has 8 bridgehead atoms. The largest absolute Gasteiger partial charge is 0.512 e. The molecule has 47 heavy (non-hydrogen) atoms. The van der Waals surface area contributed by atoms with Gasteiger partial charge in [-0.25, -0.2) is 0 Å². The molecule has 5 heterocycles. The minimum atomic E-state index is -0.125. The number of fused-ring (bicyclic) bond motifs is 20. The van der Waals surface area contributed by atoms with Crippen LogP contribution in [0.5, 0.6) is 0 Å². The molecular formula is C37H64N8O2. The maximum absolute atomic E-state index is 10.0. The molecule has 0 aromatic rings. The molecular weight excluding hydrogens is 588 g/mol. The molecule has 9 aliphatic rings. The summed E-state index contributed by atoms with van der Waals surface area (Å²) >= 11 is 0. The van der Waals surface area contributed by atoms with Crippen molar-refractivity contribution in [2.75, 3.05) is 0 Å². The topological polar surface area (TPSA) is 134 Å². The maximum Gasteiger partial charge on any atom is 0.155 e. The van der Waals surface area contributed by atoms with Gasteiger partial charge in [-0.3, -0.25) is 47.3 Å². The number of aliphatic hydroxyl groups excluding tert-OH is 1. The van der Waals surface area contributed by atoms with E-state index in [2.05, 4.69) is 42.5 Å². The Kier molecular flexibility index (Phi) is 10.0. The molecule has 9 fully saturated rings. The van der Waals surface area contributed by atoms with Crippen LogP contribution in [-0.2, 0) is 4.79 Å². The second kappa shape index (κ2) is 14.3. The zero-order chi connectivity index (χ0) is 32.1. The zero-order valence-corrected chi connectivity index (χ0v) is 29.0. The Morgan fingerprint density at radius 1 is 0.404 bits per heavy atom. The fourth-order valence-electron chi connectivity index (χ4n) is 12.3. The van der Waals surface area contributed by atoms with Crippen LogP contribution >= 0.6 is 0 Å². The molecule has 10 heteroatoms. The van der Waals surface area contributed by atoms with Gasteiger partial charge in [-0.15, -0.1) is 0 Å². The third-order valence-corrected chi connectivity index (χ3v) is 14.2. The van der Waals surface area contributed by atoms with Gasteiger partial charge in [0.25, 0.3) is 0 Å². The van der Waals surface area contributed by atoms with E-state index >= 15 is 0 Å². The van der Waals surface area contributed by atoms with Gasteiger partial charge in [0, 0.05) is 6.08 Å². The molecule has 10 nitrogen and oxygen atoms in total. The lowest BCUT2D eigenvalue weighted by atomic mass is 9.76. The molecule has 0 radical (unpaired) electrons. The first kappa shape index (κ1) is 33.1. The van der Waals surface area contributed by atoms with Crippen LogP contribution in [0.25, 0.3) is 0 Å². The highest BCUT2D eigenvalue weighted by atomic mass is 16.3. The van der Waals surface area contributed by atoms with Gasteiger partial charge in [0.1, 0.15) is 0 Å². The summed E-state index contributed by atoms with van der Waals surface area (Å²) in [6.07, 6.45) is 26.7. The lowest BCUT2D eigenvalue weighted by Crippen LogP contribution is -2.61. The Labute approximate surface area is 282 Å². The SMILES string of the molecule is C1CCC2C3NC(NC4NC(NC5NC(NC6NC(N3)C3CCCCC63)C3CCCCC53)C3CCCCC43)C2C1.CC(=O)/C=C(/C)O. The van der Waals surface area contributed by atoms with Gasteiger partial charge >= 0.3 is 0 Å². The normalized spacial score (nSPS) is 50.7. The van der Waals surface area contributed by atoms with E-state index < -0.39 is 0 Å². The van der Waals surface area contributed by atoms with Crippen LogP contribution in [0.4, 0.5) is 0 Å². The molecule has 264 valence electrons. The highest BCUT2D eigenvalue weighted by molar-refractivity contribution is 5.87. The van der Waals surface area contributed by atoms with Crippen LogP contribution in [0.3, 0.4) is 0 Å². The standard InChI is InChI=1S/C32H56N8.C5H8O2/c1-2-10-18-17(9-1)25-33-26(18)38-28-21-13-5-6-14-22(21)30(35-28)40-32-24-16-8-7-15-23(24)31(36-32)39-29-20-12-4-3-11-19(20)27(34-29)37-25;1-4(6)3-5(2)7/h17-40H,1-16H2;3,6H,1-2H3/b;4-3-. The number of carbonyl (C=O) groups is 1. The summed E-state index contributed by atoms with van der Waals surface area (Å²) < 4.78 is 0. The number of nitrogens with one attached hydrogen (secondary N) is 8. The Morgan fingerprint density at radius 2 is 0.574 bits per heavy atom. The summed E-state index contributed by atoms with van der Waals surface area (Å²) in [5, 5.41) is 42.2. The number of allylic oxidation sites excluding steroid dienone is 2. The second-order valence-corrected chi connectivity index (χ2v) is 17.0. The van der Waals surface area contributed by atoms with E-state index in [1.54, 1.807) is 0 Å². The van der Waals surface area contributed by atoms with Gasteiger partial charge < -0.3 is 5.11 Å². The van der Waals surface area contributed by atoms with Gasteiger partial charge in [0.15, 0.2) is 5.78 Å². The monoisotopic (exact) mass is 653 g/mol. The van der Waals surface area contributed by atoms with Crippen molar-refractivity contribution in [2.45, 2.75) is 166 Å². The minimum absolute atomic E-state index is 0.0625. The van der Waals surface area contributed by atoms with Gasteiger partial charge in [-0.05, 0) is 113 Å². The first-order chi connectivity index (χ1) is 22.9. The van der Waals surface area contributed by atoms with Crippen molar-refractivity contribution in [3.05, 3.63) is 11.8 Å². The molecule has 4 aliphatic carbocycles. The van der Waals surface area contributed by atoms with Crippen molar-refractivity contribution in [3.63, 3.8) is 0 Å². The average molecular weight is 653 g/mol. The molecule has 0 spiro atoms. The predicted octanol–water partition coefficient (Wildman–Crippen LogP) is 3.64. The number of ketones is 1. The molecule has 5 saturated heterocycles. The van der Waals surface area contributed by atoms with Crippen molar-refractivity contribution in [2.24, 2.45) is 47.3 Å². The van der Waals surface area contributed by atoms with Crippen molar-refractivity contribution >= 4 is 5.78 Å². The molecule has 0 aromatic carbocycles. The lowest BCUT2D eigenvalue weighted by Gasteiger charge is -2.35. The summed E-state index contributed by atoms with van der Waals surface area (Å²) in [4.78, 5) is 10.0. The van der Waals surface area contributed by atoms with Crippen LogP contribution in [0.2, 0.25) is 0 Å². The number of aliphatic hydroxyl groups is 1. The zero-order valence-electron chi connectivity index (χ0n) is 29.0. The van der Waals surface area contributed by atoms with Crippen molar-refractivity contribution in [1.82, 2.24) is 42.5 Å². The van der Waals surface area contributed by atoms with E-state index in [0.29, 0.717) is 49.3 Å². The summed E-state index contributed by atoms with van der Waals surface area (Å²) in [5.74, 6) is 5.91. The molecule has 0 amide bonds. The van der Waals surface area contributed by atoms with Gasteiger partial charge in [-0.1, -0.05) is 51.4 Å². The third-order valence-electron chi connectivity index (χ3n) is 14.2. The van der Waals surface area contributed by atoms with E-state index in [1.807, 2.05) is 0 Å². The molecule has 0 aromatic heterocycles. The van der Waals surface area contributed by atoms with Crippen LogP contribution < -0.4 is 42.5 Å². The molecule has 9 rings (SSSR count). The fraction of sp³-hybridized carbons (Fsp3) is 0.919. The van der Waals surface area contributed by atoms with E-state index in [-0.39, 0.29) is 11.5 Å². The van der Waals surface area contributed by atoms with E-state index in [9.17, 15) is 4.79 Å². The molecule has 8 atom stereocenters. The minimum Gasteiger partial charge on any atom is -0.512 e. The fourth-order valence-corrected chi connectivity index (χ4v) is 12.3. The van der Waals surface area contributed by atoms with Crippen LogP contribution in [0.15, 0.2) is 11.8 Å². The lowest BCUT2D eigenvalue weighted by molar-refractivity contribution is -0.112. The molecule has 8 unspecified atom stereocenters. The van der Waals surface area contributed by atoms with E-state index in [4.69, 9.17) is 5.11 Å². The molecule has 4 saturated carbocycles. The van der Waals surface area contributed by atoms with E-state index in [1.165, 1.54) is 123 Å².